The summed E-state index contributed by atoms with van der Waals surface area (Å²) in [7, 11) is 1.72. The number of methoxy groups -OCH3 is 1. The lowest BCUT2D eigenvalue weighted by atomic mass is 10.2. The third-order valence-corrected chi connectivity index (χ3v) is 3.45. The minimum Gasteiger partial charge on any atom is -0.385 e. The van der Waals surface area contributed by atoms with Crippen molar-refractivity contribution in [2.75, 3.05) is 25.6 Å². The summed E-state index contributed by atoms with van der Waals surface area (Å²) in [6, 6.07) is 18.1. The summed E-state index contributed by atoms with van der Waals surface area (Å²) in [4.78, 5) is 9.38. The normalized spacial score (nSPS) is 10.8. The molecule has 0 atom stereocenters. The maximum Gasteiger partial charge on any atom is 0.162 e. The summed E-state index contributed by atoms with van der Waals surface area (Å²) in [5.41, 5.74) is 1.97. The Morgan fingerprint density at radius 1 is 0.955 bits per heavy atom. The van der Waals surface area contributed by atoms with Crippen LogP contribution in [0.5, 0.6) is 0 Å². The lowest BCUT2D eigenvalue weighted by Crippen LogP contribution is -2.07. The van der Waals surface area contributed by atoms with Gasteiger partial charge in [-0.3, -0.25) is 0 Å². The van der Waals surface area contributed by atoms with Crippen LogP contribution in [0.3, 0.4) is 0 Å². The van der Waals surface area contributed by atoms with Gasteiger partial charge in [0.15, 0.2) is 5.82 Å². The molecule has 0 aliphatic carbocycles. The predicted octanol–water partition coefficient (Wildman–Crippen LogP) is 3.75. The Bertz CT molecular complexity index is 744. The number of hydrogen-bond acceptors (Lipinski definition) is 4. The lowest BCUT2D eigenvalue weighted by molar-refractivity contribution is 0.198. The molecule has 1 heterocycles. The lowest BCUT2D eigenvalue weighted by Gasteiger charge is -2.10. The van der Waals surface area contributed by atoms with Crippen LogP contribution in [-0.2, 0) is 4.74 Å². The summed E-state index contributed by atoms with van der Waals surface area (Å²) in [5.74, 6) is 1.62. The molecule has 0 amide bonds. The van der Waals surface area contributed by atoms with Gasteiger partial charge in [-0.1, -0.05) is 42.5 Å². The van der Waals surface area contributed by atoms with Gasteiger partial charge in [0.25, 0.3) is 0 Å². The molecule has 0 radical (unpaired) electrons. The molecule has 0 saturated carbocycles. The number of para-hydroxylation sites is 1. The van der Waals surface area contributed by atoms with E-state index in [-0.39, 0.29) is 0 Å². The number of rotatable bonds is 6. The second-order valence-corrected chi connectivity index (χ2v) is 5.05. The molecule has 112 valence electrons. The van der Waals surface area contributed by atoms with E-state index < -0.39 is 0 Å². The molecule has 1 aromatic heterocycles. The molecular formula is C18H19N3O. The molecule has 0 bridgehead atoms. The second-order valence-electron chi connectivity index (χ2n) is 5.05. The van der Waals surface area contributed by atoms with Crippen LogP contribution in [0.15, 0.2) is 54.6 Å². The quantitative estimate of drug-likeness (QED) is 0.703. The van der Waals surface area contributed by atoms with Crippen molar-refractivity contribution in [1.29, 1.82) is 0 Å². The van der Waals surface area contributed by atoms with E-state index in [4.69, 9.17) is 9.72 Å². The minimum absolute atomic E-state index is 0.738. The van der Waals surface area contributed by atoms with Crippen molar-refractivity contribution in [3.8, 4) is 11.4 Å². The topological polar surface area (TPSA) is 47.0 Å². The zero-order valence-electron chi connectivity index (χ0n) is 12.6. The highest BCUT2D eigenvalue weighted by Gasteiger charge is 2.08. The van der Waals surface area contributed by atoms with E-state index in [1.807, 2.05) is 54.6 Å². The summed E-state index contributed by atoms with van der Waals surface area (Å²) in [6.45, 7) is 1.56. The first-order valence-electron chi connectivity index (χ1n) is 7.43. The molecule has 3 aromatic rings. The summed E-state index contributed by atoms with van der Waals surface area (Å²) < 4.78 is 5.09. The predicted molar refractivity (Wildman–Crippen MR) is 90.0 cm³/mol. The summed E-state index contributed by atoms with van der Waals surface area (Å²) >= 11 is 0. The number of nitrogens with one attached hydrogen (secondary N) is 1. The highest BCUT2D eigenvalue weighted by atomic mass is 16.5. The summed E-state index contributed by atoms with van der Waals surface area (Å²) in [5, 5.41) is 4.44. The van der Waals surface area contributed by atoms with Crippen LogP contribution < -0.4 is 5.32 Å². The van der Waals surface area contributed by atoms with Gasteiger partial charge in [-0.05, 0) is 18.6 Å². The van der Waals surface area contributed by atoms with Crippen LogP contribution in [-0.4, -0.2) is 30.2 Å². The average Bonchev–Trinajstić information content (AvgIpc) is 2.59. The van der Waals surface area contributed by atoms with Gasteiger partial charge in [-0.2, -0.15) is 0 Å². The Labute approximate surface area is 130 Å². The van der Waals surface area contributed by atoms with Crippen molar-refractivity contribution in [1.82, 2.24) is 9.97 Å². The molecular weight excluding hydrogens is 274 g/mol. The molecule has 0 unspecified atom stereocenters. The number of fused-ring (bicyclic) bond motifs is 1. The Hall–Kier alpha value is -2.46. The first-order chi connectivity index (χ1) is 10.9. The van der Waals surface area contributed by atoms with Gasteiger partial charge in [-0.25, -0.2) is 9.97 Å². The zero-order chi connectivity index (χ0) is 15.2. The van der Waals surface area contributed by atoms with Crippen LogP contribution in [0.1, 0.15) is 6.42 Å². The molecule has 0 aliphatic heterocycles. The number of anilines is 1. The van der Waals surface area contributed by atoms with Crippen LogP contribution in [0, 0.1) is 0 Å². The molecule has 2 aromatic carbocycles. The Kier molecular flexibility index (Phi) is 4.61. The highest BCUT2D eigenvalue weighted by molar-refractivity contribution is 5.90. The number of nitrogens with zero attached hydrogens (tertiary/aromatic N) is 2. The van der Waals surface area contributed by atoms with Crippen LogP contribution in [0.2, 0.25) is 0 Å². The van der Waals surface area contributed by atoms with Crippen LogP contribution >= 0.6 is 0 Å². The Balaban J connectivity index is 1.97. The number of hydrogen-bond donors (Lipinski definition) is 1. The average molecular weight is 293 g/mol. The van der Waals surface area contributed by atoms with Gasteiger partial charge < -0.3 is 10.1 Å². The van der Waals surface area contributed by atoms with E-state index in [9.17, 15) is 0 Å². The van der Waals surface area contributed by atoms with Gasteiger partial charge in [0.1, 0.15) is 5.82 Å². The standard InChI is InChI=1S/C18H19N3O/c1-22-13-7-12-19-18-15-10-5-6-11-16(15)20-17(21-18)14-8-3-2-4-9-14/h2-6,8-11H,7,12-13H2,1H3,(H,19,20,21). The van der Waals surface area contributed by atoms with Crippen molar-refractivity contribution in [3.05, 3.63) is 54.6 Å². The van der Waals surface area contributed by atoms with E-state index in [0.29, 0.717) is 0 Å². The fourth-order valence-electron chi connectivity index (χ4n) is 2.35. The molecule has 4 nitrogen and oxygen atoms in total. The molecule has 4 heteroatoms. The SMILES string of the molecule is COCCCNc1nc(-c2ccccc2)nc2ccccc12. The maximum atomic E-state index is 5.09. The third kappa shape index (κ3) is 3.23. The minimum atomic E-state index is 0.738. The Morgan fingerprint density at radius 2 is 1.73 bits per heavy atom. The van der Waals surface area contributed by atoms with Gasteiger partial charge in [0.2, 0.25) is 0 Å². The van der Waals surface area contributed by atoms with E-state index in [2.05, 4.69) is 10.3 Å². The maximum absolute atomic E-state index is 5.09. The van der Waals surface area contributed by atoms with Crippen molar-refractivity contribution in [2.45, 2.75) is 6.42 Å². The van der Waals surface area contributed by atoms with Crippen LogP contribution in [0.4, 0.5) is 5.82 Å². The van der Waals surface area contributed by atoms with E-state index in [1.165, 1.54) is 0 Å². The fourth-order valence-corrected chi connectivity index (χ4v) is 2.35. The monoisotopic (exact) mass is 293 g/mol. The van der Waals surface area contributed by atoms with E-state index in [0.717, 1.165) is 47.7 Å². The highest BCUT2D eigenvalue weighted by Crippen LogP contribution is 2.24. The van der Waals surface area contributed by atoms with Gasteiger partial charge >= 0.3 is 0 Å². The van der Waals surface area contributed by atoms with Crippen molar-refractivity contribution < 1.29 is 4.74 Å². The smallest absolute Gasteiger partial charge is 0.162 e. The molecule has 0 saturated heterocycles. The molecule has 3 rings (SSSR count). The molecule has 22 heavy (non-hydrogen) atoms. The molecule has 0 fully saturated rings. The first kappa shape index (κ1) is 14.5. The van der Waals surface area contributed by atoms with E-state index >= 15 is 0 Å². The van der Waals surface area contributed by atoms with Crippen molar-refractivity contribution >= 4 is 16.7 Å². The summed E-state index contributed by atoms with van der Waals surface area (Å²) in [6.07, 6.45) is 0.940. The Morgan fingerprint density at radius 3 is 2.55 bits per heavy atom. The van der Waals surface area contributed by atoms with Crippen molar-refractivity contribution in [3.63, 3.8) is 0 Å². The number of aromatic nitrogens is 2. The molecule has 0 spiro atoms. The van der Waals surface area contributed by atoms with Gasteiger partial charge in [-0.15, -0.1) is 0 Å². The molecule has 0 aliphatic rings. The largest absolute Gasteiger partial charge is 0.385 e. The van der Waals surface area contributed by atoms with Crippen molar-refractivity contribution in [2.24, 2.45) is 0 Å². The zero-order valence-corrected chi connectivity index (χ0v) is 12.6. The second kappa shape index (κ2) is 7.00. The fraction of sp³-hybridized carbons (Fsp3) is 0.222. The van der Waals surface area contributed by atoms with Crippen LogP contribution in [0.25, 0.3) is 22.3 Å². The van der Waals surface area contributed by atoms with Gasteiger partial charge in [0.05, 0.1) is 5.52 Å². The van der Waals surface area contributed by atoms with E-state index in [1.54, 1.807) is 7.11 Å². The van der Waals surface area contributed by atoms with Gasteiger partial charge in [0, 0.05) is 31.2 Å². The number of ether oxygens (including phenoxy) is 1. The number of benzene rings is 2. The molecule has 1 N–H and O–H groups in total. The first-order valence-corrected chi connectivity index (χ1v) is 7.43. The third-order valence-electron chi connectivity index (χ3n) is 3.45.